The number of rotatable bonds is 5. The third-order valence-corrected chi connectivity index (χ3v) is 4.30. The number of nitrogens with one attached hydrogen (secondary N) is 1. The van der Waals surface area contributed by atoms with E-state index in [0.717, 1.165) is 5.56 Å². The number of hydrogen-bond acceptors (Lipinski definition) is 4. The quantitative estimate of drug-likeness (QED) is 0.758. The zero-order valence-electron chi connectivity index (χ0n) is 13.0. The van der Waals surface area contributed by atoms with Crippen LogP contribution in [-0.4, -0.2) is 17.8 Å². The van der Waals surface area contributed by atoms with Crippen molar-refractivity contribution in [2.45, 2.75) is 6.42 Å². The second kappa shape index (κ2) is 7.68. The molecule has 1 atom stereocenters. The molecule has 130 valence electrons. The average molecular weight is 380 g/mol. The van der Waals surface area contributed by atoms with Crippen molar-refractivity contribution in [1.29, 1.82) is 0 Å². The van der Waals surface area contributed by atoms with Gasteiger partial charge in [0.15, 0.2) is 5.75 Å². The zero-order chi connectivity index (χ0) is 17.8. The molecule has 1 aliphatic rings. The Hall–Kier alpha value is -2.37. The van der Waals surface area contributed by atoms with Gasteiger partial charge in [0.05, 0.1) is 10.0 Å². The van der Waals surface area contributed by atoms with Crippen LogP contribution in [0.15, 0.2) is 54.5 Å². The zero-order valence-corrected chi connectivity index (χ0v) is 14.6. The Morgan fingerprint density at radius 1 is 1.20 bits per heavy atom. The van der Waals surface area contributed by atoms with Crippen LogP contribution in [-0.2, 0) is 20.7 Å². The van der Waals surface area contributed by atoms with Crippen molar-refractivity contribution in [3.05, 3.63) is 70.1 Å². The van der Waals surface area contributed by atoms with Gasteiger partial charge < -0.3 is 19.9 Å². The van der Waals surface area contributed by atoms with Gasteiger partial charge in [-0.2, -0.15) is 0 Å². The van der Waals surface area contributed by atoms with Crippen molar-refractivity contribution in [1.82, 2.24) is 0 Å². The smallest absolute Gasteiger partial charge is 0.235 e. The van der Waals surface area contributed by atoms with Crippen LogP contribution >= 0.6 is 23.2 Å². The fraction of sp³-hybridized carbons (Fsp3) is 0.167. The summed E-state index contributed by atoms with van der Waals surface area (Å²) < 4.78 is 10.5. The molecule has 0 fully saturated rings. The molecule has 5 nitrogen and oxygen atoms in total. The first-order chi connectivity index (χ1) is 12.0. The van der Waals surface area contributed by atoms with E-state index in [2.05, 4.69) is 5.32 Å². The van der Waals surface area contributed by atoms with Gasteiger partial charge >= 0.3 is 0 Å². The molecule has 0 saturated heterocycles. The van der Waals surface area contributed by atoms with Crippen LogP contribution in [0, 0.1) is 5.92 Å². The number of hydrogen-bond donors (Lipinski definition) is 2. The van der Waals surface area contributed by atoms with E-state index >= 15 is 0 Å². The maximum atomic E-state index is 12.8. The van der Waals surface area contributed by atoms with Gasteiger partial charge in [0.1, 0.15) is 17.9 Å². The third-order valence-electron chi connectivity index (χ3n) is 3.72. The Kier molecular flexibility index (Phi) is 5.36. The van der Waals surface area contributed by atoms with E-state index in [-0.39, 0.29) is 28.5 Å². The molecule has 1 aliphatic heterocycles. The molecule has 1 heterocycles. The van der Waals surface area contributed by atoms with Crippen molar-refractivity contribution >= 4 is 34.8 Å². The lowest BCUT2D eigenvalue weighted by atomic mass is 9.96. The van der Waals surface area contributed by atoms with E-state index in [1.807, 2.05) is 30.3 Å². The second-order valence-electron chi connectivity index (χ2n) is 5.47. The monoisotopic (exact) mass is 379 g/mol. The number of halogens is 2. The SMILES string of the molecule is O=C(Nc1cc(Cl)c(O)c(Cl)c1)C(Cc1ccccc1)C1=COCO1. The van der Waals surface area contributed by atoms with E-state index < -0.39 is 5.92 Å². The van der Waals surface area contributed by atoms with Crippen LogP contribution in [0.4, 0.5) is 5.69 Å². The van der Waals surface area contributed by atoms with Crippen LogP contribution < -0.4 is 5.32 Å². The van der Waals surface area contributed by atoms with Gasteiger partial charge in [-0.1, -0.05) is 53.5 Å². The molecule has 2 N–H and O–H groups in total. The molecule has 2 aromatic rings. The van der Waals surface area contributed by atoms with Crippen molar-refractivity contribution in [3.63, 3.8) is 0 Å². The van der Waals surface area contributed by atoms with Gasteiger partial charge in [-0.05, 0) is 24.1 Å². The fourth-order valence-corrected chi connectivity index (χ4v) is 2.96. The number of phenolic OH excluding ortho intramolecular Hbond substituents is 1. The Bertz CT molecular complexity index is 785. The Labute approximate surface area is 154 Å². The molecular weight excluding hydrogens is 365 g/mol. The molecule has 0 saturated carbocycles. The van der Waals surface area contributed by atoms with Crippen molar-refractivity contribution in [2.75, 3.05) is 12.1 Å². The van der Waals surface area contributed by atoms with Crippen LogP contribution in [0.1, 0.15) is 5.56 Å². The summed E-state index contributed by atoms with van der Waals surface area (Å²) >= 11 is 11.8. The molecule has 0 radical (unpaired) electrons. The first kappa shape index (κ1) is 17.5. The minimum Gasteiger partial charge on any atom is -0.505 e. The first-order valence-corrected chi connectivity index (χ1v) is 8.27. The summed E-state index contributed by atoms with van der Waals surface area (Å²) in [6.07, 6.45) is 1.89. The molecule has 0 aromatic heterocycles. The van der Waals surface area contributed by atoms with E-state index in [9.17, 15) is 9.90 Å². The number of amides is 1. The summed E-state index contributed by atoms with van der Waals surface area (Å²) in [7, 11) is 0. The van der Waals surface area contributed by atoms with Crippen LogP contribution in [0.5, 0.6) is 5.75 Å². The minimum atomic E-state index is -0.573. The van der Waals surface area contributed by atoms with E-state index in [1.54, 1.807) is 0 Å². The summed E-state index contributed by atoms with van der Waals surface area (Å²) in [5.74, 6) is -0.635. The molecule has 2 aromatic carbocycles. The lowest BCUT2D eigenvalue weighted by Crippen LogP contribution is -2.26. The highest BCUT2D eigenvalue weighted by Crippen LogP contribution is 2.35. The summed E-state index contributed by atoms with van der Waals surface area (Å²) in [5, 5.41) is 12.5. The number of anilines is 1. The number of carbonyl (C=O) groups is 1. The van der Waals surface area contributed by atoms with Gasteiger partial charge in [-0.3, -0.25) is 4.79 Å². The highest BCUT2D eigenvalue weighted by atomic mass is 35.5. The van der Waals surface area contributed by atoms with Crippen molar-refractivity contribution < 1.29 is 19.4 Å². The van der Waals surface area contributed by atoms with Crippen molar-refractivity contribution in [3.8, 4) is 5.75 Å². The lowest BCUT2D eigenvalue weighted by Gasteiger charge is -2.17. The van der Waals surface area contributed by atoms with E-state index in [0.29, 0.717) is 17.9 Å². The average Bonchev–Trinajstić information content (AvgIpc) is 3.12. The number of phenols is 1. The Balaban J connectivity index is 1.82. The summed E-state index contributed by atoms with van der Waals surface area (Å²) in [5.41, 5.74) is 1.37. The molecule has 0 spiro atoms. The predicted octanol–water partition coefficient (Wildman–Crippen LogP) is 4.34. The molecule has 0 aliphatic carbocycles. The topological polar surface area (TPSA) is 67.8 Å². The van der Waals surface area contributed by atoms with Gasteiger partial charge in [0.2, 0.25) is 12.7 Å². The molecule has 0 bridgehead atoms. The normalized spacial score (nSPS) is 14.2. The summed E-state index contributed by atoms with van der Waals surface area (Å²) in [6, 6.07) is 12.5. The minimum absolute atomic E-state index is 0.0575. The highest BCUT2D eigenvalue weighted by molar-refractivity contribution is 6.37. The number of ether oxygens (including phenoxy) is 2. The number of benzene rings is 2. The standard InChI is InChI=1S/C18H15Cl2NO4/c19-14-7-12(8-15(20)17(14)22)21-18(23)13(16-9-24-10-25-16)6-11-4-2-1-3-5-11/h1-5,7-9,13,22H,6,10H2,(H,21,23). The lowest BCUT2D eigenvalue weighted by molar-refractivity contribution is -0.119. The fourth-order valence-electron chi connectivity index (χ4n) is 2.47. The third kappa shape index (κ3) is 4.18. The molecule has 1 amide bonds. The largest absolute Gasteiger partial charge is 0.505 e. The molecule has 25 heavy (non-hydrogen) atoms. The Morgan fingerprint density at radius 2 is 1.88 bits per heavy atom. The second-order valence-corrected chi connectivity index (χ2v) is 6.28. The molecule has 3 rings (SSSR count). The summed E-state index contributed by atoms with van der Waals surface area (Å²) in [4.78, 5) is 12.8. The summed E-state index contributed by atoms with van der Waals surface area (Å²) in [6.45, 7) is 0.0881. The maximum Gasteiger partial charge on any atom is 0.235 e. The maximum absolute atomic E-state index is 12.8. The van der Waals surface area contributed by atoms with Gasteiger partial charge in [0.25, 0.3) is 0 Å². The predicted molar refractivity (Wildman–Crippen MR) is 95.5 cm³/mol. The molecular formula is C18H15Cl2NO4. The van der Waals surface area contributed by atoms with Crippen LogP contribution in [0.3, 0.4) is 0 Å². The molecule has 7 heteroatoms. The number of carbonyl (C=O) groups excluding carboxylic acids is 1. The van der Waals surface area contributed by atoms with Gasteiger partial charge in [-0.15, -0.1) is 0 Å². The van der Waals surface area contributed by atoms with E-state index in [1.165, 1.54) is 18.4 Å². The van der Waals surface area contributed by atoms with Crippen molar-refractivity contribution in [2.24, 2.45) is 5.92 Å². The van der Waals surface area contributed by atoms with Crippen LogP contribution in [0.25, 0.3) is 0 Å². The first-order valence-electron chi connectivity index (χ1n) is 7.52. The van der Waals surface area contributed by atoms with E-state index in [4.69, 9.17) is 32.7 Å². The Morgan fingerprint density at radius 3 is 2.48 bits per heavy atom. The van der Waals surface area contributed by atoms with Crippen LogP contribution in [0.2, 0.25) is 10.0 Å². The molecule has 1 unspecified atom stereocenters. The van der Waals surface area contributed by atoms with Gasteiger partial charge in [-0.25, -0.2) is 0 Å². The van der Waals surface area contributed by atoms with Gasteiger partial charge in [0, 0.05) is 5.69 Å². The number of aromatic hydroxyl groups is 1. The highest BCUT2D eigenvalue weighted by Gasteiger charge is 2.28.